The summed E-state index contributed by atoms with van der Waals surface area (Å²) in [4.78, 5) is 19.5. The van der Waals surface area contributed by atoms with E-state index in [9.17, 15) is 4.79 Å². The van der Waals surface area contributed by atoms with E-state index in [1.165, 1.54) is 5.56 Å². The number of nitrogens with one attached hydrogen (secondary N) is 1. The highest BCUT2D eigenvalue weighted by molar-refractivity contribution is 5.79. The number of benzene rings is 1. The Morgan fingerprint density at radius 3 is 2.77 bits per heavy atom. The molecule has 162 valence electrons. The van der Waals surface area contributed by atoms with Crippen molar-refractivity contribution >= 4 is 5.91 Å². The molecule has 1 saturated heterocycles. The maximum Gasteiger partial charge on any atom is 0.224 e. The van der Waals surface area contributed by atoms with Crippen molar-refractivity contribution in [2.24, 2.45) is 11.8 Å². The van der Waals surface area contributed by atoms with Crippen molar-refractivity contribution in [1.82, 2.24) is 15.2 Å². The lowest BCUT2D eigenvalue weighted by Crippen LogP contribution is -2.47. The van der Waals surface area contributed by atoms with E-state index in [4.69, 9.17) is 9.47 Å². The van der Waals surface area contributed by atoms with Gasteiger partial charge in [-0.25, -0.2) is 0 Å². The first kappa shape index (κ1) is 22.2. The molecule has 0 unspecified atom stereocenters. The van der Waals surface area contributed by atoms with Crippen molar-refractivity contribution in [1.29, 1.82) is 0 Å². The molecule has 0 saturated carbocycles. The summed E-state index contributed by atoms with van der Waals surface area (Å²) in [5, 5.41) is 3.08. The van der Waals surface area contributed by atoms with Gasteiger partial charge in [-0.1, -0.05) is 30.3 Å². The lowest BCUT2D eigenvalue weighted by Gasteiger charge is -2.37. The molecule has 6 heteroatoms. The zero-order valence-electron chi connectivity index (χ0n) is 18.0. The van der Waals surface area contributed by atoms with Crippen LogP contribution in [0.15, 0.2) is 48.7 Å². The molecule has 0 bridgehead atoms. The predicted octanol–water partition coefficient (Wildman–Crippen LogP) is 3.06. The SMILES string of the molecule is COCCCNC(=O)[C@@H]1C[C@H](COc2ccc(C)nc2)CN(Cc2ccccc2)C1. The average Bonchev–Trinajstić information content (AvgIpc) is 2.77. The summed E-state index contributed by atoms with van der Waals surface area (Å²) in [7, 11) is 1.68. The van der Waals surface area contributed by atoms with Crippen LogP contribution in [0.3, 0.4) is 0 Å². The Hall–Kier alpha value is -2.44. The van der Waals surface area contributed by atoms with Crippen LogP contribution in [-0.2, 0) is 16.1 Å². The van der Waals surface area contributed by atoms with Crippen LogP contribution in [0.1, 0.15) is 24.1 Å². The third kappa shape index (κ3) is 7.11. The highest BCUT2D eigenvalue weighted by Gasteiger charge is 2.32. The van der Waals surface area contributed by atoms with Gasteiger partial charge >= 0.3 is 0 Å². The number of methoxy groups -OCH3 is 1. The Balaban J connectivity index is 1.60. The summed E-state index contributed by atoms with van der Waals surface area (Å²) in [6.45, 7) is 6.39. The van der Waals surface area contributed by atoms with Crippen molar-refractivity contribution in [3.8, 4) is 5.75 Å². The quantitative estimate of drug-likeness (QED) is 0.609. The lowest BCUT2D eigenvalue weighted by molar-refractivity contribution is -0.127. The second-order valence-corrected chi connectivity index (χ2v) is 8.06. The molecule has 0 spiro atoms. The molecule has 2 aromatic rings. The van der Waals surface area contributed by atoms with Crippen molar-refractivity contribution in [2.75, 3.05) is 40.0 Å². The van der Waals surface area contributed by atoms with Crippen LogP contribution >= 0.6 is 0 Å². The van der Waals surface area contributed by atoms with E-state index >= 15 is 0 Å². The Labute approximate surface area is 179 Å². The van der Waals surface area contributed by atoms with E-state index in [-0.39, 0.29) is 11.8 Å². The molecule has 1 aliphatic rings. The number of piperidine rings is 1. The maximum absolute atomic E-state index is 12.8. The van der Waals surface area contributed by atoms with Crippen molar-refractivity contribution < 1.29 is 14.3 Å². The highest BCUT2D eigenvalue weighted by Crippen LogP contribution is 2.25. The van der Waals surface area contributed by atoms with Gasteiger partial charge in [-0.05, 0) is 37.5 Å². The fourth-order valence-electron chi connectivity index (χ4n) is 3.91. The average molecular weight is 412 g/mol. The third-order valence-corrected chi connectivity index (χ3v) is 5.43. The number of carbonyl (C=O) groups is 1. The number of pyridine rings is 1. The van der Waals surface area contributed by atoms with E-state index in [0.717, 1.165) is 43.9 Å². The largest absolute Gasteiger partial charge is 0.492 e. The molecule has 2 heterocycles. The molecule has 30 heavy (non-hydrogen) atoms. The van der Waals surface area contributed by atoms with Gasteiger partial charge in [-0.15, -0.1) is 0 Å². The van der Waals surface area contributed by atoms with Crippen molar-refractivity contribution in [2.45, 2.75) is 26.3 Å². The molecule has 1 aliphatic heterocycles. The van der Waals surface area contributed by atoms with Crippen LogP contribution < -0.4 is 10.1 Å². The minimum atomic E-state index is -0.0326. The molecular formula is C24H33N3O3. The summed E-state index contributed by atoms with van der Waals surface area (Å²) < 4.78 is 11.1. The van der Waals surface area contributed by atoms with Gasteiger partial charge in [-0.2, -0.15) is 0 Å². The van der Waals surface area contributed by atoms with E-state index in [1.54, 1.807) is 13.3 Å². The standard InChI is InChI=1S/C24H33N3O3/c1-19-9-10-23(14-26-19)30-18-21-13-22(24(28)25-11-6-12-29-2)17-27(16-21)15-20-7-4-3-5-8-20/h3-5,7-10,14,21-22H,6,11-13,15-18H2,1-2H3,(H,25,28)/t21-,22+/m0/s1. The molecule has 0 radical (unpaired) electrons. The minimum Gasteiger partial charge on any atom is -0.492 e. The van der Waals surface area contributed by atoms with E-state index in [1.807, 2.05) is 25.1 Å². The molecule has 1 amide bonds. The summed E-state index contributed by atoms with van der Waals surface area (Å²) in [6, 6.07) is 14.3. The minimum absolute atomic E-state index is 0.0326. The molecule has 6 nitrogen and oxygen atoms in total. The van der Waals surface area contributed by atoms with Gasteiger partial charge in [0.15, 0.2) is 0 Å². The highest BCUT2D eigenvalue weighted by atomic mass is 16.5. The predicted molar refractivity (Wildman–Crippen MR) is 117 cm³/mol. The summed E-state index contributed by atoms with van der Waals surface area (Å²) in [5.74, 6) is 1.17. The van der Waals surface area contributed by atoms with Crippen LogP contribution in [0, 0.1) is 18.8 Å². The van der Waals surface area contributed by atoms with Crippen molar-refractivity contribution in [3.63, 3.8) is 0 Å². The fourth-order valence-corrected chi connectivity index (χ4v) is 3.91. The summed E-state index contributed by atoms with van der Waals surface area (Å²) in [6.07, 6.45) is 3.43. The molecule has 2 atom stereocenters. The van der Waals surface area contributed by atoms with E-state index in [0.29, 0.717) is 25.7 Å². The second-order valence-electron chi connectivity index (χ2n) is 8.06. The van der Waals surface area contributed by atoms with Gasteiger partial charge in [0.25, 0.3) is 0 Å². The molecular weight excluding hydrogens is 378 g/mol. The first-order valence-corrected chi connectivity index (χ1v) is 10.7. The van der Waals surface area contributed by atoms with Gasteiger partial charge in [0.2, 0.25) is 5.91 Å². The number of hydrogen-bond donors (Lipinski definition) is 1. The van der Waals surface area contributed by atoms with E-state index in [2.05, 4.69) is 39.5 Å². The van der Waals surface area contributed by atoms with Gasteiger partial charge in [0.1, 0.15) is 5.75 Å². The van der Waals surface area contributed by atoms with Gasteiger partial charge in [0.05, 0.1) is 18.7 Å². The van der Waals surface area contributed by atoms with Gasteiger partial charge in [-0.3, -0.25) is 14.7 Å². The van der Waals surface area contributed by atoms with Crippen LogP contribution in [0.2, 0.25) is 0 Å². The fraction of sp³-hybridized carbons (Fsp3) is 0.500. The van der Waals surface area contributed by atoms with Crippen LogP contribution in [-0.4, -0.2) is 55.7 Å². The number of likely N-dealkylation sites (tertiary alicyclic amines) is 1. The normalized spacial score (nSPS) is 19.4. The number of amides is 1. The zero-order chi connectivity index (χ0) is 21.2. The maximum atomic E-state index is 12.8. The monoisotopic (exact) mass is 411 g/mol. The van der Waals surface area contributed by atoms with Gasteiger partial charge < -0.3 is 14.8 Å². The summed E-state index contributed by atoms with van der Waals surface area (Å²) >= 11 is 0. The Bertz CT molecular complexity index is 767. The number of rotatable bonds is 10. The number of nitrogens with zero attached hydrogens (tertiary/aromatic N) is 2. The lowest BCUT2D eigenvalue weighted by atomic mass is 9.88. The Morgan fingerprint density at radius 2 is 2.03 bits per heavy atom. The molecule has 1 aromatic heterocycles. The number of aryl methyl sites for hydroxylation is 1. The Kier molecular flexibility index (Phi) is 8.66. The van der Waals surface area contributed by atoms with Crippen LogP contribution in [0.25, 0.3) is 0 Å². The molecule has 1 N–H and O–H groups in total. The summed E-state index contributed by atoms with van der Waals surface area (Å²) in [5.41, 5.74) is 2.24. The number of carbonyl (C=O) groups excluding carboxylic acids is 1. The first-order valence-electron chi connectivity index (χ1n) is 10.7. The van der Waals surface area contributed by atoms with E-state index < -0.39 is 0 Å². The molecule has 1 aromatic carbocycles. The van der Waals surface area contributed by atoms with Crippen LogP contribution in [0.4, 0.5) is 0 Å². The van der Waals surface area contributed by atoms with Crippen LogP contribution in [0.5, 0.6) is 5.75 Å². The smallest absolute Gasteiger partial charge is 0.224 e. The Morgan fingerprint density at radius 1 is 1.20 bits per heavy atom. The molecule has 0 aliphatic carbocycles. The number of hydrogen-bond acceptors (Lipinski definition) is 5. The molecule has 3 rings (SSSR count). The zero-order valence-corrected chi connectivity index (χ0v) is 18.0. The third-order valence-electron chi connectivity index (χ3n) is 5.43. The van der Waals surface area contributed by atoms with Crippen molar-refractivity contribution in [3.05, 3.63) is 59.9 Å². The number of ether oxygens (including phenoxy) is 2. The second kappa shape index (κ2) is 11.7. The van der Waals surface area contributed by atoms with Gasteiger partial charge in [0, 0.05) is 51.5 Å². The first-order chi connectivity index (χ1) is 14.6. The molecule has 1 fully saturated rings. The number of aromatic nitrogens is 1. The topological polar surface area (TPSA) is 63.7 Å².